The molecule has 0 radical (unpaired) electrons. The fraction of sp³-hybridized carbons (Fsp3) is 0.263. The molecule has 0 aliphatic carbocycles. The van der Waals surface area contributed by atoms with Crippen molar-refractivity contribution < 1.29 is 14.3 Å². The predicted molar refractivity (Wildman–Crippen MR) is 97.6 cm³/mol. The summed E-state index contributed by atoms with van der Waals surface area (Å²) >= 11 is 1.17. The summed E-state index contributed by atoms with van der Waals surface area (Å²) in [6.07, 6.45) is 0.0818. The van der Waals surface area contributed by atoms with Crippen molar-refractivity contribution in [2.24, 2.45) is 0 Å². The number of nitriles is 1. The van der Waals surface area contributed by atoms with Crippen molar-refractivity contribution in [3.05, 3.63) is 53.2 Å². The number of imide groups is 1. The Balaban J connectivity index is 1.90. The van der Waals surface area contributed by atoms with Crippen molar-refractivity contribution in [2.45, 2.75) is 30.2 Å². The average Bonchev–Trinajstić information content (AvgIpc) is 2.89. The van der Waals surface area contributed by atoms with Crippen LogP contribution in [0.4, 0.5) is 5.69 Å². The highest BCUT2D eigenvalue weighted by Gasteiger charge is 2.40. The molecule has 1 atom stereocenters. The van der Waals surface area contributed by atoms with E-state index < -0.39 is 5.25 Å². The standard InChI is InChI=1S/C19H17N3O3S/c1-12-8-13(11-25-2)15(10-20)18(21-12)26-16-9-17(23)22(19(16)24)14-6-4-3-5-7-14/h3-8,16H,9,11H2,1-2H3/t16-/m0/s1. The molecule has 0 N–H and O–H groups in total. The van der Waals surface area contributed by atoms with Gasteiger partial charge in [0, 0.05) is 19.2 Å². The van der Waals surface area contributed by atoms with Crippen LogP contribution >= 0.6 is 11.8 Å². The summed E-state index contributed by atoms with van der Waals surface area (Å²) in [6.45, 7) is 2.11. The first-order valence-corrected chi connectivity index (χ1v) is 8.91. The van der Waals surface area contributed by atoms with Gasteiger partial charge in [0.05, 0.1) is 23.1 Å². The molecule has 0 bridgehead atoms. The van der Waals surface area contributed by atoms with E-state index in [2.05, 4.69) is 11.1 Å². The molecule has 1 aromatic heterocycles. The van der Waals surface area contributed by atoms with Crippen LogP contribution in [0.15, 0.2) is 41.4 Å². The van der Waals surface area contributed by atoms with Crippen LogP contribution in [0.2, 0.25) is 0 Å². The lowest BCUT2D eigenvalue weighted by atomic mass is 10.1. The molecule has 1 aliphatic heterocycles. The minimum atomic E-state index is -0.598. The highest BCUT2D eigenvalue weighted by atomic mass is 32.2. The van der Waals surface area contributed by atoms with E-state index in [-0.39, 0.29) is 24.8 Å². The number of hydrogen-bond acceptors (Lipinski definition) is 6. The van der Waals surface area contributed by atoms with E-state index in [4.69, 9.17) is 4.74 Å². The molecule has 26 heavy (non-hydrogen) atoms. The van der Waals surface area contributed by atoms with Gasteiger partial charge in [-0.05, 0) is 30.7 Å². The largest absolute Gasteiger partial charge is 0.380 e. The Morgan fingerprint density at radius 1 is 1.35 bits per heavy atom. The number of hydrogen-bond donors (Lipinski definition) is 0. The molecule has 0 unspecified atom stereocenters. The Morgan fingerprint density at radius 3 is 2.73 bits per heavy atom. The maximum absolute atomic E-state index is 12.8. The molecule has 0 saturated carbocycles. The van der Waals surface area contributed by atoms with Crippen LogP contribution in [0.3, 0.4) is 0 Å². The van der Waals surface area contributed by atoms with Crippen LogP contribution in [0, 0.1) is 18.3 Å². The van der Waals surface area contributed by atoms with E-state index in [0.717, 1.165) is 11.3 Å². The van der Waals surface area contributed by atoms with Gasteiger partial charge in [-0.2, -0.15) is 5.26 Å². The summed E-state index contributed by atoms with van der Waals surface area (Å²) in [4.78, 5) is 30.7. The summed E-state index contributed by atoms with van der Waals surface area (Å²) in [6, 6.07) is 12.8. The third kappa shape index (κ3) is 3.47. The zero-order valence-corrected chi connectivity index (χ0v) is 15.2. The first kappa shape index (κ1) is 18.1. The van der Waals surface area contributed by atoms with Gasteiger partial charge < -0.3 is 4.74 Å². The smallest absolute Gasteiger partial charge is 0.247 e. The van der Waals surface area contributed by atoms with Gasteiger partial charge in [0.2, 0.25) is 11.8 Å². The van der Waals surface area contributed by atoms with Crippen LogP contribution in [-0.4, -0.2) is 29.2 Å². The summed E-state index contributed by atoms with van der Waals surface area (Å²) in [7, 11) is 1.56. The molecule has 132 valence electrons. The average molecular weight is 367 g/mol. The molecule has 2 heterocycles. The quantitative estimate of drug-likeness (QED) is 0.756. The van der Waals surface area contributed by atoms with Crippen LogP contribution < -0.4 is 4.90 Å². The first-order valence-electron chi connectivity index (χ1n) is 8.03. The number of methoxy groups -OCH3 is 1. The van der Waals surface area contributed by atoms with Gasteiger partial charge in [0.25, 0.3) is 0 Å². The van der Waals surface area contributed by atoms with Gasteiger partial charge in [0.15, 0.2) is 0 Å². The number of amides is 2. The number of nitrogens with zero attached hydrogens (tertiary/aromatic N) is 3. The molecule has 1 aliphatic rings. The van der Waals surface area contributed by atoms with E-state index in [0.29, 0.717) is 16.3 Å². The number of anilines is 1. The van der Waals surface area contributed by atoms with Gasteiger partial charge in [0.1, 0.15) is 11.1 Å². The summed E-state index contributed by atoms with van der Waals surface area (Å²) in [5, 5.41) is 9.38. The molecule has 3 rings (SSSR count). The molecule has 6 nitrogen and oxygen atoms in total. The lowest BCUT2D eigenvalue weighted by Crippen LogP contribution is -2.31. The predicted octanol–water partition coefficient (Wildman–Crippen LogP) is 2.83. The summed E-state index contributed by atoms with van der Waals surface area (Å²) in [5.74, 6) is -0.534. The Morgan fingerprint density at radius 2 is 2.08 bits per heavy atom. The Kier molecular flexibility index (Phi) is 5.35. The van der Waals surface area contributed by atoms with Gasteiger partial charge in [-0.15, -0.1) is 0 Å². The number of thioether (sulfide) groups is 1. The van der Waals surface area contributed by atoms with Crippen molar-refractivity contribution in [3.8, 4) is 6.07 Å². The van der Waals surface area contributed by atoms with Crippen molar-refractivity contribution >= 4 is 29.3 Å². The van der Waals surface area contributed by atoms with Gasteiger partial charge in [-0.25, -0.2) is 9.88 Å². The van der Waals surface area contributed by atoms with Crippen molar-refractivity contribution in [1.82, 2.24) is 4.98 Å². The number of pyridine rings is 1. The van der Waals surface area contributed by atoms with E-state index in [1.54, 1.807) is 37.4 Å². The Labute approximate surface area is 155 Å². The van der Waals surface area contributed by atoms with Crippen LogP contribution in [0.25, 0.3) is 0 Å². The summed E-state index contributed by atoms with van der Waals surface area (Å²) < 4.78 is 5.15. The number of aryl methyl sites for hydroxylation is 1. The van der Waals surface area contributed by atoms with E-state index >= 15 is 0 Å². The molecule has 7 heteroatoms. The molecule has 1 aromatic carbocycles. The monoisotopic (exact) mass is 367 g/mol. The topological polar surface area (TPSA) is 83.3 Å². The number of ether oxygens (including phenoxy) is 1. The molecular formula is C19H17N3O3S. The minimum absolute atomic E-state index is 0.0818. The van der Waals surface area contributed by atoms with Gasteiger partial charge in [-0.1, -0.05) is 30.0 Å². The second-order valence-corrected chi connectivity index (χ2v) is 7.05. The molecule has 1 saturated heterocycles. The van der Waals surface area contributed by atoms with Crippen molar-refractivity contribution in [2.75, 3.05) is 12.0 Å². The number of aromatic nitrogens is 1. The highest BCUT2D eigenvalue weighted by Crippen LogP contribution is 2.35. The zero-order valence-electron chi connectivity index (χ0n) is 14.4. The lowest BCUT2D eigenvalue weighted by Gasteiger charge is -2.15. The lowest BCUT2D eigenvalue weighted by molar-refractivity contribution is -0.121. The zero-order chi connectivity index (χ0) is 18.7. The molecule has 2 aromatic rings. The number of para-hydroxylation sites is 1. The van der Waals surface area contributed by atoms with Gasteiger partial charge >= 0.3 is 0 Å². The molecular weight excluding hydrogens is 350 g/mol. The molecule has 0 spiro atoms. The van der Waals surface area contributed by atoms with Crippen LogP contribution in [0.5, 0.6) is 0 Å². The number of benzene rings is 1. The van der Waals surface area contributed by atoms with Gasteiger partial charge in [-0.3, -0.25) is 9.59 Å². The maximum Gasteiger partial charge on any atom is 0.247 e. The normalized spacial score (nSPS) is 16.8. The number of rotatable bonds is 5. The fourth-order valence-electron chi connectivity index (χ4n) is 2.86. The highest BCUT2D eigenvalue weighted by molar-refractivity contribution is 8.00. The van der Waals surface area contributed by atoms with E-state index in [1.165, 1.54) is 16.7 Å². The summed E-state index contributed by atoms with van der Waals surface area (Å²) in [5.41, 5.74) is 2.40. The first-order chi connectivity index (χ1) is 12.5. The molecule has 2 amide bonds. The van der Waals surface area contributed by atoms with Crippen molar-refractivity contribution in [1.29, 1.82) is 5.26 Å². The minimum Gasteiger partial charge on any atom is -0.380 e. The fourth-order valence-corrected chi connectivity index (χ4v) is 4.06. The van der Waals surface area contributed by atoms with Crippen molar-refractivity contribution in [3.63, 3.8) is 0 Å². The second-order valence-electron chi connectivity index (χ2n) is 5.86. The Hall–Kier alpha value is -2.69. The van der Waals surface area contributed by atoms with E-state index in [9.17, 15) is 14.9 Å². The number of carbonyl (C=O) groups is 2. The molecule has 1 fully saturated rings. The third-order valence-corrected chi connectivity index (χ3v) is 5.15. The van der Waals surface area contributed by atoms with E-state index in [1.807, 2.05) is 13.0 Å². The Bertz CT molecular complexity index is 893. The second kappa shape index (κ2) is 7.68. The SMILES string of the molecule is COCc1cc(C)nc(S[C@H]2CC(=O)N(c3ccccc3)C2=O)c1C#N. The van der Waals surface area contributed by atoms with Crippen LogP contribution in [-0.2, 0) is 20.9 Å². The number of carbonyl (C=O) groups excluding carboxylic acids is 2. The third-order valence-electron chi connectivity index (χ3n) is 3.98. The van der Waals surface area contributed by atoms with Crippen LogP contribution in [0.1, 0.15) is 23.2 Å². The maximum atomic E-state index is 12.8.